The summed E-state index contributed by atoms with van der Waals surface area (Å²) in [5.41, 5.74) is 5.28. The van der Waals surface area contributed by atoms with Gasteiger partial charge in [-0.25, -0.2) is 0 Å². The molecule has 5 unspecified atom stereocenters. The van der Waals surface area contributed by atoms with Crippen LogP contribution in [0.3, 0.4) is 0 Å². The Labute approximate surface area is 160 Å². The zero-order valence-electron chi connectivity index (χ0n) is 15.1. The first-order valence-corrected chi connectivity index (χ1v) is 8.78. The molecular weight excluding hydrogens is 384 g/mol. The van der Waals surface area contributed by atoms with E-state index in [1.54, 1.807) is 0 Å². The van der Waals surface area contributed by atoms with Crippen LogP contribution in [-0.4, -0.2) is 128 Å². The second-order valence-corrected chi connectivity index (χ2v) is 6.42. The first-order chi connectivity index (χ1) is 13.2. The van der Waals surface area contributed by atoms with Gasteiger partial charge in [-0.05, 0) is 13.0 Å². The SMILES string of the molecule is NCCCNC(=O)[C@H](O)[C@@H](O)[C@H](OC1OC(CO)C(O)C(O)C1O)[C@H](O)CO. The molecule has 0 aliphatic carbocycles. The number of hydrogen-bond acceptors (Lipinski definition) is 12. The Hall–Kier alpha value is -0.970. The van der Waals surface area contributed by atoms with E-state index in [-0.39, 0.29) is 13.1 Å². The summed E-state index contributed by atoms with van der Waals surface area (Å²) in [5.74, 6) is -0.992. The monoisotopic (exact) mass is 414 g/mol. The van der Waals surface area contributed by atoms with Crippen molar-refractivity contribution in [2.45, 2.75) is 61.5 Å². The number of carbonyl (C=O) groups excluding carboxylic acids is 1. The lowest BCUT2D eigenvalue weighted by molar-refractivity contribution is -0.326. The van der Waals surface area contributed by atoms with Gasteiger partial charge in [0.2, 0.25) is 0 Å². The number of aliphatic hydroxyl groups excluding tert-OH is 8. The summed E-state index contributed by atoms with van der Waals surface area (Å²) >= 11 is 0. The molecule has 0 spiro atoms. The molecule has 0 radical (unpaired) electrons. The molecular formula is C15H30N2O11. The summed E-state index contributed by atoms with van der Waals surface area (Å²) in [4.78, 5) is 11.9. The predicted octanol–water partition coefficient (Wildman–Crippen LogP) is -6.29. The number of aliphatic hydroxyl groups is 8. The minimum absolute atomic E-state index is 0.125. The highest BCUT2D eigenvalue weighted by atomic mass is 16.7. The second-order valence-electron chi connectivity index (χ2n) is 6.42. The van der Waals surface area contributed by atoms with Crippen LogP contribution in [0.5, 0.6) is 0 Å². The Morgan fingerprint density at radius 3 is 2.29 bits per heavy atom. The van der Waals surface area contributed by atoms with E-state index >= 15 is 0 Å². The number of carbonyl (C=O) groups is 1. The van der Waals surface area contributed by atoms with Crippen molar-refractivity contribution < 1.29 is 55.1 Å². The predicted molar refractivity (Wildman–Crippen MR) is 90.4 cm³/mol. The van der Waals surface area contributed by atoms with E-state index in [9.17, 15) is 40.5 Å². The molecule has 1 aliphatic heterocycles. The van der Waals surface area contributed by atoms with Crippen molar-refractivity contribution in [2.75, 3.05) is 26.3 Å². The fraction of sp³-hybridized carbons (Fsp3) is 0.933. The van der Waals surface area contributed by atoms with Gasteiger partial charge < -0.3 is 61.4 Å². The van der Waals surface area contributed by atoms with Crippen LogP contribution in [0.2, 0.25) is 0 Å². The molecule has 13 nitrogen and oxygen atoms in total. The maximum Gasteiger partial charge on any atom is 0.251 e. The van der Waals surface area contributed by atoms with Crippen molar-refractivity contribution in [3.63, 3.8) is 0 Å². The van der Waals surface area contributed by atoms with E-state index in [0.29, 0.717) is 6.42 Å². The van der Waals surface area contributed by atoms with Crippen LogP contribution in [0.1, 0.15) is 6.42 Å². The standard InChI is InChI=1S/C15H30N2O11/c16-2-1-3-17-14(26)11(24)10(23)13(6(20)4-18)28-15-12(25)9(22)8(21)7(5-19)27-15/h6-13,15,18-25H,1-5,16H2,(H,17,26)/t6-,7?,8?,9?,10-,11-,12?,13-,15?/m1/s1. The fourth-order valence-corrected chi connectivity index (χ4v) is 2.59. The summed E-state index contributed by atoms with van der Waals surface area (Å²) < 4.78 is 10.3. The van der Waals surface area contributed by atoms with Crippen LogP contribution in [0.15, 0.2) is 0 Å². The van der Waals surface area contributed by atoms with Gasteiger partial charge in [0.1, 0.15) is 42.7 Å². The number of hydrogen-bond donors (Lipinski definition) is 10. The fourth-order valence-electron chi connectivity index (χ4n) is 2.59. The van der Waals surface area contributed by atoms with E-state index in [2.05, 4.69) is 5.32 Å². The molecule has 1 fully saturated rings. The summed E-state index contributed by atoms with van der Waals surface area (Å²) in [6.45, 7) is -1.28. The molecule has 28 heavy (non-hydrogen) atoms. The van der Waals surface area contributed by atoms with Crippen molar-refractivity contribution >= 4 is 5.91 Å². The van der Waals surface area contributed by atoms with Crippen molar-refractivity contribution in [1.29, 1.82) is 0 Å². The molecule has 13 heteroatoms. The lowest BCUT2D eigenvalue weighted by atomic mass is 9.98. The Morgan fingerprint density at radius 2 is 1.75 bits per heavy atom. The Morgan fingerprint density at radius 1 is 1.11 bits per heavy atom. The summed E-state index contributed by atoms with van der Waals surface area (Å²) in [5, 5.41) is 80.2. The van der Waals surface area contributed by atoms with Crippen molar-refractivity contribution in [3.8, 4) is 0 Å². The van der Waals surface area contributed by atoms with Gasteiger partial charge >= 0.3 is 0 Å². The highest BCUT2D eigenvalue weighted by Gasteiger charge is 2.47. The van der Waals surface area contributed by atoms with E-state index in [1.165, 1.54) is 0 Å². The topological polar surface area (TPSA) is 235 Å². The van der Waals surface area contributed by atoms with E-state index in [1.807, 2.05) is 0 Å². The smallest absolute Gasteiger partial charge is 0.251 e. The second kappa shape index (κ2) is 11.9. The zero-order chi connectivity index (χ0) is 21.4. The molecule has 1 aliphatic rings. The van der Waals surface area contributed by atoms with Crippen molar-refractivity contribution in [3.05, 3.63) is 0 Å². The highest BCUT2D eigenvalue weighted by molar-refractivity contribution is 5.81. The number of amides is 1. The van der Waals surface area contributed by atoms with Crippen LogP contribution < -0.4 is 11.1 Å². The third kappa shape index (κ3) is 6.27. The van der Waals surface area contributed by atoms with E-state index in [4.69, 9.17) is 20.3 Å². The number of nitrogens with two attached hydrogens (primary N) is 1. The lowest BCUT2D eigenvalue weighted by Gasteiger charge is -2.42. The molecule has 0 bridgehead atoms. The molecule has 9 atom stereocenters. The summed E-state index contributed by atoms with van der Waals surface area (Å²) in [6, 6.07) is 0. The van der Waals surface area contributed by atoms with Crippen LogP contribution in [0.25, 0.3) is 0 Å². The van der Waals surface area contributed by atoms with Gasteiger partial charge in [0.25, 0.3) is 5.91 Å². The van der Waals surface area contributed by atoms with Gasteiger partial charge in [-0.15, -0.1) is 0 Å². The Bertz CT molecular complexity index is 469. The third-order valence-corrected chi connectivity index (χ3v) is 4.31. The average Bonchev–Trinajstić information content (AvgIpc) is 2.70. The van der Waals surface area contributed by atoms with Crippen LogP contribution >= 0.6 is 0 Å². The molecule has 0 saturated carbocycles. The first-order valence-electron chi connectivity index (χ1n) is 8.78. The summed E-state index contributed by atoms with van der Waals surface area (Å²) in [7, 11) is 0. The molecule has 1 rings (SSSR count). The largest absolute Gasteiger partial charge is 0.394 e. The average molecular weight is 414 g/mol. The molecule has 0 aromatic carbocycles. The van der Waals surface area contributed by atoms with Crippen molar-refractivity contribution in [2.24, 2.45) is 5.73 Å². The molecule has 166 valence electrons. The van der Waals surface area contributed by atoms with Crippen molar-refractivity contribution in [1.82, 2.24) is 5.32 Å². The third-order valence-electron chi connectivity index (χ3n) is 4.31. The normalized spacial score (nSPS) is 32.4. The van der Waals surface area contributed by atoms with E-state index in [0.717, 1.165) is 0 Å². The highest BCUT2D eigenvalue weighted by Crippen LogP contribution is 2.25. The Balaban J connectivity index is 2.88. The number of nitrogens with one attached hydrogen (secondary N) is 1. The zero-order valence-corrected chi connectivity index (χ0v) is 15.1. The van der Waals surface area contributed by atoms with Gasteiger partial charge in [0.05, 0.1) is 13.2 Å². The van der Waals surface area contributed by atoms with Gasteiger partial charge in [-0.1, -0.05) is 0 Å². The molecule has 1 amide bonds. The maximum absolute atomic E-state index is 11.9. The minimum Gasteiger partial charge on any atom is -0.394 e. The molecule has 11 N–H and O–H groups in total. The molecule has 0 aromatic heterocycles. The summed E-state index contributed by atoms with van der Waals surface area (Å²) in [6.07, 6.45) is -15.8. The van der Waals surface area contributed by atoms with Gasteiger partial charge in [0.15, 0.2) is 12.4 Å². The molecule has 0 aromatic rings. The quantitative estimate of drug-likeness (QED) is 0.142. The number of rotatable bonds is 11. The first kappa shape index (κ1) is 25.1. The Kier molecular flexibility index (Phi) is 10.6. The molecule has 1 saturated heterocycles. The van der Waals surface area contributed by atoms with Crippen LogP contribution in [0, 0.1) is 0 Å². The van der Waals surface area contributed by atoms with Crippen LogP contribution in [-0.2, 0) is 14.3 Å². The van der Waals surface area contributed by atoms with Gasteiger partial charge in [0, 0.05) is 6.54 Å². The minimum atomic E-state index is -2.08. The number of ether oxygens (including phenoxy) is 2. The maximum atomic E-state index is 11.9. The van der Waals surface area contributed by atoms with Gasteiger partial charge in [-0.2, -0.15) is 0 Å². The van der Waals surface area contributed by atoms with E-state index < -0.39 is 74.2 Å². The van der Waals surface area contributed by atoms with Gasteiger partial charge in [-0.3, -0.25) is 4.79 Å². The molecule has 1 heterocycles. The van der Waals surface area contributed by atoms with Crippen LogP contribution in [0.4, 0.5) is 0 Å². The lowest BCUT2D eigenvalue weighted by Crippen LogP contribution is -2.62.